The molecule has 1 unspecified atom stereocenters. The van der Waals surface area contributed by atoms with Crippen molar-refractivity contribution >= 4 is 11.6 Å². The average molecular weight is 302 g/mol. The zero-order chi connectivity index (χ0) is 14.8. The third-order valence-corrected chi connectivity index (χ3v) is 4.58. The molecule has 0 spiro atoms. The van der Waals surface area contributed by atoms with Gasteiger partial charge in [-0.3, -0.25) is 0 Å². The zero-order valence-electron chi connectivity index (χ0n) is 12.5. The summed E-state index contributed by atoms with van der Waals surface area (Å²) in [5.74, 6) is 1.46. The van der Waals surface area contributed by atoms with Crippen LogP contribution in [0.3, 0.4) is 0 Å². The molecule has 110 valence electrons. The van der Waals surface area contributed by atoms with E-state index in [0.717, 1.165) is 35.0 Å². The lowest BCUT2D eigenvalue weighted by atomic mass is 9.94. The molecule has 1 heterocycles. The summed E-state index contributed by atoms with van der Waals surface area (Å²) >= 11 is 6.43. The van der Waals surface area contributed by atoms with Crippen molar-refractivity contribution in [2.24, 2.45) is 0 Å². The summed E-state index contributed by atoms with van der Waals surface area (Å²) < 4.78 is 5.47. The third-order valence-electron chi connectivity index (χ3n) is 4.25. The smallest absolute Gasteiger partial charge is 0.126 e. The number of likely N-dealkylation sites (tertiary alicyclic amines) is 1. The quantitative estimate of drug-likeness (QED) is 0.831. The highest BCUT2D eigenvalue weighted by Crippen LogP contribution is 2.37. The molecule has 2 nitrogen and oxygen atoms in total. The Morgan fingerprint density at radius 3 is 2.67 bits per heavy atom. The molecule has 1 fully saturated rings. The summed E-state index contributed by atoms with van der Waals surface area (Å²) in [4.78, 5) is 2.38. The molecule has 1 aliphatic heterocycles. The first kappa shape index (κ1) is 14.4. The Labute approximate surface area is 131 Å². The van der Waals surface area contributed by atoms with Crippen molar-refractivity contribution in [3.8, 4) is 16.9 Å². The van der Waals surface area contributed by atoms with Gasteiger partial charge in [-0.2, -0.15) is 0 Å². The van der Waals surface area contributed by atoms with Gasteiger partial charge in [0.2, 0.25) is 0 Å². The molecule has 0 saturated carbocycles. The highest BCUT2D eigenvalue weighted by molar-refractivity contribution is 6.33. The van der Waals surface area contributed by atoms with Gasteiger partial charge >= 0.3 is 0 Å². The lowest BCUT2D eigenvalue weighted by molar-refractivity contribution is 0.411. The van der Waals surface area contributed by atoms with E-state index < -0.39 is 0 Å². The van der Waals surface area contributed by atoms with Gasteiger partial charge in [0, 0.05) is 22.7 Å². The van der Waals surface area contributed by atoms with E-state index in [0.29, 0.717) is 5.92 Å². The number of halogens is 1. The van der Waals surface area contributed by atoms with Crippen LogP contribution in [0.1, 0.15) is 17.9 Å². The SMILES string of the molecule is COc1ccccc1-c1cc(C2CCN(C)C2)ccc1Cl. The van der Waals surface area contributed by atoms with Crippen LogP contribution in [0.5, 0.6) is 5.75 Å². The Bertz CT molecular complexity index is 641. The number of hydrogen-bond acceptors (Lipinski definition) is 2. The van der Waals surface area contributed by atoms with Gasteiger partial charge in [-0.25, -0.2) is 0 Å². The molecule has 0 radical (unpaired) electrons. The second kappa shape index (κ2) is 6.08. The van der Waals surface area contributed by atoms with Crippen LogP contribution in [-0.2, 0) is 0 Å². The lowest BCUT2D eigenvalue weighted by Crippen LogP contribution is -2.13. The van der Waals surface area contributed by atoms with Crippen molar-refractivity contribution in [2.45, 2.75) is 12.3 Å². The van der Waals surface area contributed by atoms with Gasteiger partial charge in [0.05, 0.1) is 7.11 Å². The van der Waals surface area contributed by atoms with E-state index in [1.54, 1.807) is 7.11 Å². The van der Waals surface area contributed by atoms with Crippen LogP contribution in [0.25, 0.3) is 11.1 Å². The number of methoxy groups -OCH3 is 1. The van der Waals surface area contributed by atoms with E-state index in [9.17, 15) is 0 Å². The van der Waals surface area contributed by atoms with E-state index >= 15 is 0 Å². The summed E-state index contributed by atoms with van der Waals surface area (Å²) in [6, 6.07) is 14.4. The minimum absolute atomic E-state index is 0.598. The van der Waals surface area contributed by atoms with Crippen molar-refractivity contribution in [2.75, 3.05) is 27.2 Å². The largest absolute Gasteiger partial charge is 0.496 e. The molecule has 1 aliphatic rings. The highest BCUT2D eigenvalue weighted by Gasteiger charge is 2.22. The number of likely N-dealkylation sites (N-methyl/N-ethyl adjacent to an activating group) is 1. The minimum atomic E-state index is 0.598. The fourth-order valence-electron chi connectivity index (χ4n) is 3.08. The van der Waals surface area contributed by atoms with Gasteiger partial charge in [0.15, 0.2) is 0 Å². The van der Waals surface area contributed by atoms with Crippen molar-refractivity contribution < 1.29 is 4.74 Å². The third kappa shape index (κ3) is 2.92. The van der Waals surface area contributed by atoms with E-state index in [1.807, 2.05) is 24.3 Å². The van der Waals surface area contributed by atoms with Crippen molar-refractivity contribution in [3.05, 3.63) is 53.1 Å². The summed E-state index contributed by atoms with van der Waals surface area (Å²) in [6.45, 7) is 2.28. The summed E-state index contributed by atoms with van der Waals surface area (Å²) in [5.41, 5.74) is 3.48. The van der Waals surface area contributed by atoms with Gasteiger partial charge in [0.1, 0.15) is 5.75 Å². The van der Waals surface area contributed by atoms with Crippen LogP contribution in [-0.4, -0.2) is 32.1 Å². The summed E-state index contributed by atoms with van der Waals surface area (Å²) in [6.07, 6.45) is 1.21. The van der Waals surface area contributed by atoms with Crippen LogP contribution in [0.2, 0.25) is 5.02 Å². The van der Waals surface area contributed by atoms with Gasteiger partial charge in [0.25, 0.3) is 0 Å². The molecule has 0 aromatic heterocycles. The standard InChI is InChI=1S/C18H20ClNO/c1-20-10-9-14(12-20)13-7-8-17(19)16(11-13)15-5-3-4-6-18(15)21-2/h3-8,11,14H,9-10,12H2,1-2H3. The maximum atomic E-state index is 6.43. The second-order valence-electron chi connectivity index (χ2n) is 5.69. The number of rotatable bonds is 3. The Balaban J connectivity index is 2.02. The molecule has 3 rings (SSSR count). The zero-order valence-corrected chi connectivity index (χ0v) is 13.2. The van der Waals surface area contributed by atoms with Gasteiger partial charge in [-0.05, 0) is 49.7 Å². The number of hydrogen-bond donors (Lipinski definition) is 0. The molecular formula is C18H20ClNO. The second-order valence-corrected chi connectivity index (χ2v) is 6.09. The van der Waals surface area contributed by atoms with Crippen molar-refractivity contribution in [1.82, 2.24) is 4.90 Å². The molecule has 0 N–H and O–H groups in total. The fourth-order valence-corrected chi connectivity index (χ4v) is 3.30. The fraction of sp³-hybridized carbons (Fsp3) is 0.333. The van der Waals surface area contributed by atoms with Crippen LogP contribution >= 0.6 is 11.6 Å². The molecule has 3 heteroatoms. The maximum Gasteiger partial charge on any atom is 0.126 e. The average Bonchev–Trinajstić information content (AvgIpc) is 2.94. The van der Waals surface area contributed by atoms with Crippen LogP contribution < -0.4 is 4.74 Å². The van der Waals surface area contributed by atoms with Crippen LogP contribution in [0.4, 0.5) is 0 Å². The Kier molecular flexibility index (Phi) is 4.18. The van der Waals surface area contributed by atoms with Crippen LogP contribution in [0.15, 0.2) is 42.5 Å². The van der Waals surface area contributed by atoms with Gasteiger partial charge in [-0.1, -0.05) is 35.9 Å². The minimum Gasteiger partial charge on any atom is -0.496 e. The highest BCUT2D eigenvalue weighted by atomic mass is 35.5. The van der Waals surface area contributed by atoms with Crippen LogP contribution in [0, 0.1) is 0 Å². The Hall–Kier alpha value is -1.51. The summed E-state index contributed by atoms with van der Waals surface area (Å²) in [5, 5.41) is 0.773. The summed E-state index contributed by atoms with van der Waals surface area (Å²) in [7, 11) is 3.87. The molecule has 1 saturated heterocycles. The topological polar surface area (TPSA) is 12.5 Å². The number of nitrogens with zero attached hydrogens (tertiary/aromatic N) is 1. The molecule has 0 amide bonds. The van der Waals surface area contributed by atoms with Gasteiger partial charge in [-0.15, -0.1) is 0 Å². The normalized spacial score (nSPS) is 18.9. The van der Waals surface area contributed by atoms with Crippen molar-refractivity contribution in [1.29, 1.82) is 0 Å². The molecule has 0 aliphatic carbocycles. The molecule has 0 bridgehead atoms. The van der Waals surface area contributed by atoms with Gasteiger partial charge < -0.3 is 9.64 Å². The number of ether oxygens (including phenoxy) is 1. The molecule has 21 heavy (non-hydrogen) atoms. The maximum absolute atomic E-state index is 6.43. The first-order valence-corrected chi connectivity index (χ1v) is 7.68. The first-order valence-electron chi connectivity index (χ1n) is 7.30. The number of para-hydroxylation sites is 1. The lowest BCUT2D eigenvalue weighted by Gasteiger charge is -2.15. The number of benzene rings is 2. The molecule has 2 aromatic carbocycles. The monoisotopic (exact) mass is 301 g/mol. The molecule has 2 aromatic rings. The molecular weight excluding hydrogens is 282 g/mol. The first-order chi connectivity index (χ1) is 10.2. The van der Waals surface area contributed by atoms with Crippen molar-refractivity contribution in [3.63, 3.8) is 0 Å². The Morgan fingerprint density at radius 2 is 1.95 bits per heavy atom. The van der Waals surface area contributed by atoms with E-state index in [1.165, 1.54) is 12.0 Å². The van der Waals surface area contributed by atoms with E-state index in [2.05, 4.69) is 30.1 Å². The van der Waals surface area contributed by atoms with E-state index in [-0.39, 0.29) is 0 Å². The Morgan fingerprint density at radius 1 is 1.14 bits per heavy atom. The van der Waals surface area contributed by atoms with E-state index in [4.69, 9.17) is 16.3 Å². The molecule has 1 atom stereocenters. The predicted octanol–water partition coefficient (Wildman–Crippen LogP) is 4.43. The predicted molar refractivity (Wildman–Crippen MR) is 88.3 cm³/mol.